The van der Waals surface area contributed by atoms with E-state index in [4.69, 9.17) is 11.6 Å². The maximum Gasteiger partial charge on any atom is 0.144 e. The number of rotatable bonds is 8. The molecule has 2 nitrogen and oxygen atoms in total. The van der Waals surface area contributed by atoms with Gasteiger partial charge in [-0.25, -0.2) is 0 Å². The molecule has 2 aromatic rings. The van der Waals surface area contributed by atoms with Gasteiger partial charge in [-0.15, -0.1) is 11.3 Å². The number of aryl methyl sites for hydroxylation is 1. The molecule has 1 aromatic heterocycles. The van der Waals surface area contributed by atoms with Crippen molar-refractivity contribution in [3.05, 3.63) is 41.1 Å². The van der Waals surface area contributed by atoms with Crippen LogP contribution in [0, 0.1) is 18.8 Å². The number of carbonyl (C=O) groups excluding carboxylic acids is 2. The van der Waals surface area contributed by atoms with Gasteiger partial charge >= 0.3 is 0 Å². The zero-order valence-corrected chi connectivity index (χ0v) is 19.4. The van der Waals surface area contributed by atoms with Gasteiger partial charge in [0.15, 0.2) is 0 Å². The van der Waals surface area contributed by atoms with E-state index in [-0.39, 0.29) is 62.5 Å². The van der Waals surface area contributed by atoms with E-state index in [1.165, 1.54) is 10.3 Å². The van der Waals surface area contributed by atoms with Gasteiger partial charge in [0.1, 0.15) is 11.6 Å². The first-order valence-electron chi connectivity index (χ1n) is 9.11. The van der Waals surface area contributed by atoms with Crippen LogP contribution in [0.3, 0.4) is 0 Å². The summed E-state index contributed by atoms with van der Waals surface area (Å²) in [6.45, 7) is 3.86. The molecule has 1 radical (unpaired) electrons. The fraction of sp³-hybridized carbons (Fsp3) is 0.476. The molecule has 1 aliphatic carbocycles. The topological polar surface area (TPSA) is 34.1 Å². The van der Waals surface area contributed by atoms with Crippen molar-refractivity contribution in [2.45, 2.75) is 51.4 Å². The SMILES string of the molecule is [CH2-]CCCCC[C@H]1C(=O)CC(=O)[C@@H]1CCc1cccc2scc(Cl)c12.[Y]. The molecule has 0 unspecified atom stereocenters. The second-order valence-corrected chi connectivity index (χ2v) is 8.26. The normalized spacial score (nSPS) is 19.9. The summed E-state index contributed by atoms with van der Waals surface area (Å²) >= 11 is 7.98. The summed E-state index contributed by atoms with van der Waals surface area (Å²) in [6.07, 6.45) is 6.67. The van der Waals surface area contributed by atoms with Crippen molar-refractivity contribution in [2.24, 2.45) is 11.8 Å². The second kappa shape index (κ2) is 10.5. The molecule has 0 N–H and O–H groups in total. The largest absolute Gasteiger partial charge is 0.343 e. The number of carbonyl (C=O) groups is 2. The molecule has 26 heavy (non-hydrogen) atoms. The van der Waals surface area contributed by atoms with Gasteiger partial charge in [0.2, 0.25) is 0 Å². The van der Waals surface area contributed by atoms with E-state index in [0.717, 1.165) is 55.4 Å². The Morgan fingerprint density at radius 2 is 1.81 bits per heavy atom. The van der Waals surface area contributed by atoms with Crippen molar-refractivity contribution in [3.63, 3.8) is 0 Å². The summed E-state index contributed by atoms with van der Waals surface area (Å²) in [4.78, 5) is 24.6. The summed E-state index contributed by atoms with van der Waals surface area (Å²) in [5, 5.41) is 3.86. The van der Waals surface area contributed by atoms with Gasteiger partial charge in [0.25, 0.3) is 0 Å². The molecule has 0 amide bonds. The van der Waals surface area contributed by atoms with Crippen molar-refractivity contribution in [3.8, 4) is 0 Å². The van der Waals surface area contributed by atoms with Crippen LogP contribution in [0.5, 0.6) is 0 Å². The molecule has 1 heterocycles. The average Bonchev–Trinajstić information content (AvgIpc) is 3.10. The summed E-state index contributed by atoms with van der Waals surface area (Å²) in [7, 11) is 0. The number of Topliss-reactive ketones (excluding diaryl/α,β-unsaturated/α-hetero) is 2. The molecular formula is C21H24ClO2SY-. The Morgan fingerprint density at radius 1 is 1.08 bits per heavy atom. The first kappa shape index (κ1) is 22.2. The number of benzene rings is 1. The monoisotopic (exact) mass is 464 g/mol. The van der Waals surface area contributed by atoms with E-state index in [9.17, 15) is 9.59 Å². The Kier molecular flexibility index (Phi) is 8.93. The Balaban J connectivity index is 0.00000243. The van der Waals surface area contributed by atoms with Crippen molar-refractivity contribution in [1.29, 1.82) is 0 Å². The van der Waals surface area contributed by atoms with Crippen LogP contribution in [0.2, 0.25) is 5.02 Å². The molecule has 137 valence electrons. The Morgan fingerprint density at radius 3 is 2.54 bits per heavy atom. The fourth-order valence-electron chi connectivity index (χ4n) is 3.96. The van der Waals surface area contributed by atoms with Gasteiger partial charge in [-0.1, -0.05) is 43.0 Å². The molecule has 0 saturated heterocycles. The quantitative estimate of drug-likeness (QED) is 0.271. The van der Waals surface area contributed by atoms with Crippen LogP contribution < -0.4 is 0 Å². The van der Waals surface area contributed by atoms with Gasteiger partial charge in [0.05, 0.1) is 11.4 Å². The minimum Gasteiger partial charge on any atom is -0.343 e. The Hall–Kier alpha value is -0.0861. The molecule has 5 heteroatoms. The number of halogens is 1. The molecule has 0 bridgehead atoms. The smallest absolute Gasteiger partial charge is 0.144 e. The predicted octanol–water partition coefficient (Wildman–Crippen LogP) is 6.04. The van der Waals surface area contributed by atoms with Crippen LogP contribution >= 0.6 is 22.9 Å². The maximum absolute atomic E-state index is 12.3. The molecule has 0 spiro atoms. The zero-order chi connectivity index (χ0) is 17.8. The number of hydrogen-bond acceptors (Lipinski definition) is 3. The molecule has 3 rings (SSSR count). The summed E-state index contributed by atoms with van der Waals surface area (Å²) in [6, 6.07) is 6.21. The van der Waals surface area contributed by atoms with E-state index >= 15 is 0 Å². The van der Waals surface area contributed by atoms with E-state index in [0.29, 0.717) is 0 Å². The minimum absolute atomic E-state index is 0. The molecule has 2 atom stereocenters. The number of ketones is 2. The fourth-order valence-corrected chi connectivity index (χ4v) is 5.24. The van der Waals surface area contributed by atoms with Crippen LogP contribution in [0.4, 0.5) is 0 Å². The summed E-state index contributed by atoms with van der Waals surface area (Å²) in [5.74, 6) is 0.0986. The summed E-state index contributed by atoms with van der Waals surface area (Å²) in [5.41, 5.74) is 1.19. The van der Waals surface area contributed by atoms with Crippen LogP contribution in [0.15, 0.2) is 23.6 Å². The van der Waals surface area contributed by atoms with E-state index in [1.807, 2.05) is 11.4 Å². The number of thiophene rings is 1. The van der Waals surface area contributed by atoms with Crippen molar-refractivity contribution >= 4 is 44.6 Å². The molecule has 1 fully saturated rings. The number of fused-ring (bicyclic) bond motifs is 1. The van der Waals surface area contributed by atoms with Crippen molar-refractivity contribution in [1.82, 2.24) is 0 Å². The first-order chi connectivity index (χ1) is 12.1. The standard InChI is InChI=1S/C21H24ClO2S.Y/c1-2-3-4-5-8-15-16(19(24)12-18(15)23)11-10-14-7-6-9-20-21(14)17(22)13-25-20;/h6-7,9,13,15-16H,1-5,8,10-12H2;/q-1;/t15-,16-;/m1./s1. The van der Waals surface area contributed by atoms with Crippen LogP contribution in [0.1, 0.15) is 50.5 Å². The van der Waals surface area contributed by atoms with Gasteiger partial charge < -0.3 is 6.92 Å². The second-order valence-electron chi connectivity index (χ2n) is 6.94. The third-order valence-electron chi connectivity index (χ3n) is 5.29. The molecule has 1 saturated carbocycles. The van der Waals surface area contributed by atoms with E-state index in [1.54, 1.807) is 11.3 Å². The zero-order valence-electron chi connectivity index (χ0n) is 15.0. The Bertz CT molecular complexity index is 770. The average molecular weight is 465 g/mol. The summed E-state index contributed by atoms with van der Waals surface area (Å²) < 4.78 is 1.18. The van der Waals surface area contributed by atoms with E-state index < -0.39 is 0 Å². The van der Waals surface area contributed by atoms with Crippen LogP contribution in [-0.4, -0.2) is 11.6 Å². The molecule has 1 aromatic carbocycles. The third kappa shape index (κ3) is 5.04. The molecule has 0 aliphatic heterocycles. The van der Waals surface area contributed by atoms with Gasteiger partial charge in [-0.05, 0) is 30.9 Å². The minimum atomic E-state index is -0.111. The Labute approximate surface area is 190 Å². The maximum atomic E-state index is 12.3. The number of hydrogen-bond donors (Lipinski definition) is 0. The van der Waals surface area contributed by atoms with Crippen LogP contribution in [-0.2, 0) is 48.7 Å². The first-order valence-corrected chi connectivity index (χ1v) is 10.4. The van der Waals surface area contributed by atoms with Gasteiger partial charge in [-0.2, -0.15) is 6.42 Å². The predicted molar refractivity (Wildman–Crippen MR) is 105 cm³/mol. The van der Waals surface area contributed by atoms with E-state index in [2.05, 4.69) is 19.1 Å². The molecular weight excluding hydrogens is 441 g/mol. The third-order valence-corrected chi connectivity index (χ3v) is 6.67. The van der Waals surface area contributed by atoms with Crippen molar-refractivity contribution < 1.29 is 42.3 Å². The molecule has 1 aliphatic rings. The van der Waals surface area contributed by atoms with Gasteiger partial charge in [-0.3, -0.25) is 9.59 Å². The van der Waals surface area contributed by atoms with Gasteiger partial charge in [0, 0.05) is 60.0 Å². The van der Waals surface area contributed by atoms with Crippen molar-refractivity contribution in [2.75, 3.05) is 0 Å². The van der Waals surface area contributed by atoms with Crippen LogP contribution in [0.25, 0.3) is 10.1 Å². The number of unbranched alkanes of at least 4 members (excludes halogenated alkanes) is 3.